The zero-order valence-electron chi connectivity index (χ0n) is 15.9. The van der Waals surface area contributed by atoms with E-state index < -0.39 is 0 Å². The Hall–Kier alpha value is -3.22. The zero-order valence-corrected chi connectivity index (χ0v) is 15.9. The van der Waals surface area contributed by atoms with Crippen LogP contribution in [0.1, 0.15) is 28.8 Å². The molecule has 0 aliphatic carbocycles. The highest BCUT2D eigenvalue weighted by molar-refractivity contribution is 5.98. The Kier molecular flexibility index (Phi) is 6.37. The van der Waals surface area contributed by atoms with Gasteiger partial charge in [0.25, 0.3) is 0 Å². The van der Waals surface area contributed by atoms with E-state index in [0.717, 1.165) is 5.56 Å². The molecule has 3 rings (SSSR count). The standard InChI is InChI=1S/C21H23NO6/c1-25-16-9-14(10-17(12-16)26-2)13-22-21(24)6-4-18(23)15-3-5-19-20(11-15)28-8-7-27-19/h3,5,9-12H,4,6-8,13H2,1-2H3,(H,22,24). The highest BCUT2D eigenvalue weighted by Gasteiger charge is 2.16. The molecule has 2 aromatic rings. The van der Waals surface area contributed by atoms with Gasteiger partial charge in [-0.15, -0.1) is 0 Å². The number of ether oxygens (including phenoxy) is 4. The second kappa shape index (κ2) is 9.12. The van der Waals surface area contributed by atoms with E-state index in [0.29, 0.717) is 48.3 Å². The van der Waals surface area contributed by atoms with E-state index in [4.69, 9.17) is 18.9 Å². The maximum absolute atomic E-state index is 12.4. The molecule has 0 bridgehead atoms. The van der Waals surface area contributed by atoms with Crippen LogP contribution >= 0.6 is 0 Å². The lowest BCUT2D eigenvalue weighted by atomic mass is 10.1. The van der Waals surface area contributed by atoms with Gasteiger partial charge in [-0.05, 0) is 35.9 Å². The van der Waals surface area contributed by atoms with Crippen LogP contribution in [0.2, 0.25) is 0 Å². The third kappa shape index (κ3) is 4.94. The van der Waals surface area contributed by atoms with Gasteiger partial charge < -0.3 is 24.3 Å². The predicted molar refractivity (Wildman–Crippen MR) is 102 cm³/mol. The van der Waals surface area contributed by atoms with Crippen LogP contribution in [-0.2, 0) is 11.3 Å². The number of fused-ring (bicyclic) bond motifs is 1. The molecule has 28 heavy (non-hydrogen) atoms. The molecule has 1 amide bonds. The summed E-state index contributed by atoms with van der Waals surface area (Å²) in [5, 5.41) is 2.81. The van der Waals surface area contributed by atoms with Crippen molar-refractivity contribution in [2.75, 3.05) is 27.4 Å². The zero-order chi connectivity index (χ0) is 19.9. The van der Waals surface area contributed by atoms with Crippen molar-refractivity contribution in [1.29, 1.82) is 0 Å². The van der Waals surface area contributed by atoms with Crippen LogP contribution in [-0.4, -0.2) is 39.1 Å². The molecule has 148 valence electrons. The summed E-state index contributed by atoms with van der Waals surface area (Å²) in [5.41, 5.74) is 1.36. The fourth-order valence-corrected chi connectivity index (χ4v) is 2.85. The van der Waals surface area contributed by atoms with Gasteiger partial charge in [-0.25, -0.2) is 0 Å². The number of rotatable bonds is 8. The normalized spacial score (nSPS) is 12.2. The Balaban J connectivity index is 1.51. The number of ketones is 1. The highest BCUT2D eigenvalue weighted by Crippen LogP contribution is 2.31. The molecule has 1 heterocycles. The van der Waals surface area contributed by atoms with Crippen LogP contribution in [0.25, 0.3) is 0 Å². The molecule has 7 nitrogen and oxygen atoms in total. The number of hydrogen-bond acceptors (Lipinski definition) is 6. The van der Waals surface area contributed by atoms with Gasteiger partial charge in [-0.1, -0.05) is 0 Å². The Morgan fingerprint density at radius 3 is 2.29 bits per heavy atom. The van der Waals surface area contributed by atoms with Crippen molar-refractivity contribution in [3.63, 3.8) is 0 Å². The number of methoxy groups -OCH3 is 2. The summed E-state index contributed by atoms with van der Waals surface area (Å²) >= 11 is 0. The van der Waals surface area contributed by atoms with Crippen LogP contribution in [0, 0.1) is 0 Å². The minimum Gasteiger partial charge on any atom is -0.497 e. The molecule has 0 saturated carbocycles. The first-order valence-electron chi connectivity index (χ1n) is 9.00. The van der Waals surface area contributed by atoms with Crippen molar-refractivity contribution in [2.24, 2.45) is 0 Å². The molecular weight excluding hydrogens is 362 g/mol. The summed E-state index contributed by atoms with van der Waals surface area (Å²) in [4.78, 5) is 24.5. The third-order valence-electron chi connectivity index (χ3n) is 4.34. The highest BCUT2D eigenvalue weighted by atomic mass is 16.6. The maximum Gasteiger partial charge on any atom is 0.220 e. The minimum absolute atomic E-state index is 0.106. The Bertz CT molecular complexity index is 842. The van der Waals surface area contributed by atoms with E-state index in [2.05, 4.69) is 5.32 Å². The van der Waals surface area contributed by atoms with Gasteiger partial charge in [-0.2, -0.15) is 0 Å². The van der Waals surface area contributed by atoms with Gasteiger partial charge in [0.1, 0.15) is 24.7 Å². The van der Waals surface area contributed by atoms with Crippen molar-refractivity contribution >= 4 is 11.7 Å². The minimum atomic E-state index is -0.201. The average Bonchev–Trinajstić information content (AvgIpc) is 2.75. The maximum atomic E-state index is 12.4. The topological polar surface area (TPSA) is 83.1 Å². The Labute approximate surface area is 163 Å². The summed E-state index contributed by atoms with van der Waals surface area (Å²) in [6.45, 7) is 1.28. The molecule has 0 aromatic heterocycles. The Morgan fingerprint density at radius 2 is 1.61 bits per heavy atom. The molecule has 0 unspecified atom stereocenters. The van der Waals surface area contributed by atoms with Gasteiger partial charge in [-0.3, -0.25) is 9.59 Å². The second-order valence-corrected chi connectivity index (χ2v) is 6.28. The van der Waals surface area contributed by atoms with Gasteiger partial charge >= 0.3 is 0 Å². The van der Waals surface area contributed by atoms with Crippen molar-refractivity contribution < 1.29 is 28.5 Å². The van der Waals surface area contributed by atoms with Crippen molar-refractivity contribution in [2.45, 2.75) is 19.4 Å². The molecule has 0 fully saturated rings. The van der Waals surface area contributed by atoms with Crippen molar-refractivity contribution in [1.82, 2.24) is 5.32 Å². The lowest BCUT2D eigenvalue weighted by molar-refractivity contribution is -0.121. The summed E-state index contributed by atoms with van der Waals surface area (Å²) in [6, 6.07) is 10.5. The quantitative estimate of drug-likeness (QED) is 0.704. The number of amides is 1. The van der Waals surface area contributed by atoms with E-state index in [9.17, 15) is 9.59 Å². The lowest BCUT2D eigenvalue weighted by Crippen LogP contribution is -2.23. The van der Waals surface area contributed by atoms with Crippen LogP contribution in [0.5, 0.6) is 23.0 Å². The number of hydrogen-bond donors (Lipinski definition) is 1. The van der Waals surface area contributed by atoms with Gasteiger partial charge in [0.05, 0.1) is 14.2 Å². The number of carbonyl (C=O) groups excluding carboxylic acids is 2. The smallest absolute Gasteiger partial charge is 0.220 e. The van der Waals surface area contributed by atoms with E-state index in [1.807, 2.05) is 12.1 Å². The van der Waals surface area contributed by atoms with Crippen LogP contribution in [0.3, 0.4) is 0 Å². The third-order valence-corrected chi connectivity index (χ3v) is 4.34. The van der Waals surface area contributed by atoms with E-state index >= 15 is 0 Å². The second-order valence-electron chi connectivity index (χ2n) is 6.28. The molecule has 1 aliphatic rings. The van der Waals surface area contributed by atoms with Crippen molar-refractivity contribution in [3.05, 3.63) is 47.5 Å². The number of Topliss-reactive ketones (excluding diaryl/α,β-unsaturated/α-hetero) is 1. The van der Waals surface area contributed by atoms with Crippen LogP contribution < -0.4 is 24.3 Å². The molecule has 7 heteroatoms. The van der Waals surface area contributed by atoms with E-state index in [1.165, 1.54) is 0 Å². The SMILES string of the molecule is COc1cc(CNC(=O)CCC(=O)c2ccc3c(c2)OCCO3)cc(OC)c1. The van der Waals surface area contributed by atoms with Gasteiger partial charge in [0, 0.05) is 31.0 Å². The molecule has 0 atom stereocenters. The summed E-state index contributed by atoms with van der Waals surface area (Å²) < 4.78 is 21.4. The first kappa shape index (κ1) is 19.5. The number of carbonyl (C=O) groups is 2. The molecular formula is C21H23NO6. The van der Waals surface area contributed by atoms with Crippen LogP contribution in [0.4, 0.5) is 0 Å². The van der Waals surface area contributed by atoms with Crippen LogP contribution in [0.15, 0.2) is 36.4 Å². The molecule has 1 aliphatic heterocycles. The fourth-order valence-electron chi connectivity index (χ4n) is 2.85. The molecule has 2 aromatic carbocycles. The van der Waals surface area contributed by atoms with Gasteiger partial charge in [0.2, 0.25) is 5.91 Å². The number of nitrogens with one attached hydrogen (secondary N) is 1. The fraction of sp³-hybridized carbons (Fsp3) is 0.333. The predicted octanol–water partition coefficient (Wildman–Crippen LogP) is 2.75. The van der Waals surface area contributed by atoms with E-state index in [-0.39, 0.29) is 24.5 Å². The van der Waals surface area contributed by atoms with E-state index in [1.54, 1.807) is 38.5 Å². The largest absolute Gasteiger partial charge is 0.497 e. The molecule has 0 radical (unpaired) electrons. The first-order chi connectivity index (χ1) is 13.6. The summed E-state index contributed by atoms with van der Waals surface area (Å²) in [5.74, 6) is 2.18. The monoisotopic (exact) mass is 385 g/mol. The van der Waals surface area contributed by atoms with Gasteiger partial charge in [0.15, 0.2) is 17.3 Å². The molecule has 1 N–H and O–H groups in total. The number of benzene rings is 2. The lowest BCUT2D eigenvalue weighted by Gasteiger charge is -2.18. The molecule has 0 spiro atoms. The average molecular weight is 385 g/mol. The first-order valence-corrected chi connectivity index (χ1v) is 9.00. The van der Waals surface area contributed by atoms with Crippen molar-refractivity contribution in [3.8, 4) is 23.0 Å². The Morgan fingerprint density at radius 1 is 0.929 bits per heavy atom. The molecule has 0 saturated heterocycles. The summed E-state index contributed by atoms with van der Waals surface area (Å²) in [6.07, 6.45) is 0.223. The summed E-state index contributed by atoms with van der Waals surface area (Å²) in [7, 11) is 3.14.